The van der Waals surface area contributed by atoms with Crippen molar-refractivity contribution in [2.24, 2.45) is 5.73 Å². The Labute approximate surface area is 98.9 Å². The van der Waals surface area contributed by atoms with Gasteiger partial charge in [0, 0.05) is 18.3 Å². The topological polar surface area (TPSA) is 80.6 Å². The van der Waals surface area contributed by atoms with E-state index < -0.39 is 12.0 Å². The number of carbonyl (C=O) groups is 1. The van der Waals surface area contributed by atoms with Gasteiger partial charge in [-0.15, -0.1) is 0 Å². The second-order valence-electron chi connectivity index (χ2n) is 4.23. The van der Waals surface area contributed by atoms with Gasteiger partial charge >= 0.3 is 5.97 Å². The van der Waals surface area contributed by atoms with Gasteiger partial charge in [0.2, 0.25) is 0 Å². The second kappa shape index (κ2) is 4.18. The zero-order valence-corrected chi connectivity index (χ0v) is 9.84. The number of fused-ring (bicyclic) bond motifs is 1. The lowest BCUT2D eigenvalue weighted by Gasteiger charge is -2.07. The molecule has 0 bridgehead atoms. The Balaban J connectivity index is 2.46. The molecule has 0 aliphatic heterocycles. The van der Waals surface area contributed by atoms with Gasteiger partial charge in [-0.3, -0.25) is 4.79 Å². The normalized spacial score (nSPS) is 12.9. The highest BCUT2D eigenvalue weighted by Crippen LogP contribution is 2.14. The number of aliphatic carboxylic acids is 1. The van der Waals surface area contributed by atoms with E-state index in [-0.39, 0.29) is 6.42 Å². The standard InChI is InChI=1S/C12H15N3O2/c1-7-3-4-15-10(6-9(13)12(16)17)8(2)14-11(15)5-7/h3-5,9H,6,13H2,1-2H3,(H,16,17). The van der Waals surface area contributed by atoms with Gasteiger partial charge in [0.25, 0.3) is 0 Å². The minimum Gasteiger partial charge on any atom is -0.480 e. The number of hydrogen-bond acceptors (Lipinski definition) is 3. The molecule has 2 rings (SSSR count). The van der Waals surface area contributed by atoms with Crippen LogP contribution >= 0.6 is 0 Å². The van der Waals surface area contributed by atoms with E-state index in [1.807, 2.05) is 36.6 Å². The Bertz CT molecular complexity index is 574. The van der Waals surface area contributed by atoms with Crippen LogP contribution in [0, 0.1) is 13.8 Å². The van der Waals surface area contributed by atoms with E-state index in [2.05, 4.69) is 4.98 Å². The Kier molecular flexibility index (Phi) is 2.85. The van der Waals surface area contributed by atoms with E-state index in [1.165, 1.54) is 0 Å². The summed E-state index contributed by atoms with van der Waals surface area (Å²) in [4.78, 5) is 15.2. The number of hydrogen-bond donors (Lipinski definition) is 2. The molecule has 2 heterocycles. The summed E-state index contributed by atoms with van der Waals surface area (Å²) < 4.78 is 1.89. The van der Waals surface area contributed by atoms with Crippen LogP contribution in [-0.2, 0) is 11.2 Å². The summed E-state index contributed by atoms with van der Waals surface area (Å²) in [5.41, 5.74) is 9.19. The van der Waals surface area contributed by atoms with Crippen molar-refractivity contribution in [1.82, 2.24) is 9.38 Å². The van der Waals surface area contributed by atoms with Crippen LogP contribution in [0.2, 0.25) is 0 Å². The van der Waals surface area contributed by atoms with Gasteiger partial charge in [-0.2, -0.15) is 0 Å². The van der Waals surface area contributed by atoms with Crippen molar-refractivity contribution in [3.63, 3.8) is 0 Å². The molecule has 0 amide bonds. The van der Waals surface area contributed by atoms with Crippen molar-refractivity contribution >= 4 is 11.6 Å². The van der Waals surface area contributed by atoms with E-state index >= 15 is 0 Å². The maximum absolute atomic E-state index is 10.8. The molecule has 17 heavy (non-hydrogen) atoms. The highest BCUT2D eigenvalue weighted by Gasteiger charge is 2.17. The van der Waals surface area contributed by atoms with Crippen LogP contribution in [0.3, 0.4) is 0 Å². The van der Waals surface area contributed by atoms with Crippen LogP contribution in [0.5, 0.6) is 0 Å². The fraction of sp³-hybridized carbons (Fsp3) is 0.333. The van der Waals surface area contributed by atoms with E-state index in [0.717, 1.165) is 22.6 Å². The number of rotatable bonds is 3. The van der Waals surface area contributed by atoms with Gasteiger partial charge in [-0.1, -0.05) is 0 Å². The molecule has 1 unspecified atom stereocenters. The summed E-state index contributed by atoms with van der Waals surface area (Å²) in [6.45, 7) is 3.86. The summed E-state index contributed by atoms with van der Waals surface area (Å²) in [6.07, 6.45) is 2.18. The fourth-order valence-corrected chi connectivity index (χ4v) is 1.86. The molecular formula is C12H15N3O2. The summed E-state index contributed by atoms with van der Waals surface area (Å²) in [7, 11) is 0. The molecule has 3 N–H and O–H groups in total. The van der Waals surface area contributed by atoms with Crippen molar-refractivity contribution in [3.8, 4) is 0 Å². The molecule has 1 atom stereocenters. The molecule has 5 heteroatoms. The lowest BCUT2D eigenvalue weighted by atomic mass is 10.1. The Morgan fingerprint density at radius 3 is 2.94 bits per heavy atom. The van der Waals surface area contributed by atoms with E-state index in [4.69, 9.17) is 10.8 Å². The Hall–Kier alpha value is -1.88. The molecule has 0 aliphatic carbocycles. The van der Waals surface area contributed by atoms with Crippen molar-refractivity contribution in [2.45, 2.75) is 26.3 Å². The average molecular weight is 233 g/mol. The number of pyridine rings is 1. The largest absolute Gasteiger partial charge is 0.480 e. The quantitative estimate of drug-likeness (QED) is 0.825. The number of carboxylic acid groups (broad SMARTS) is 1. The Morgan fingerprint density at radius 1 is 1.59 bits per heavy atom. The van der Waals surface area contributed by atoms with Gasteiger partial charge in [-0.25, -0.2) is 4.98 Å². The van der Waals surface area contributed by atoms with Gasteiger partial charge in [0.15, 0.2) is 0 Å². The van der Waals surface area contributed by atoms with Gasteiger partial charge < -0.3 is 15.2 Å². The predicted octanol–water partition coefficient (Wildman–Crippen LogP) is 0.906. The van der Waals surface area contributed by atoms with Crippen LogP contribution in [0.1, 0.15) is 17.0 Å². The number of carboxylic acids is 1. The van der Waals surface area contributed by atoms with Gasteiger partial charge in [0.05, 0.1) is 5.69 Å². The zero-order chi connectivity index (χ0) is 12.6. The van der Waals surface area contributed by atoms with Crippen molar-refractivity contribution < 1.29 is 9.90 Å². The predicted molar refractivity (Wildman–Crippen MR) is 64.0 cm³/mol. The second-order valence-corrected chi connectivity index (χ2v) is 4.23. The molecule has 0 fully saturated rings. The SMILES string of the molecule is Cc1ccn2c(CC(N)C(=O)O)c(C)nc2c1. The van der Waals surface area contributed by atoms with Crippen LogP contribution in [0.25, 0.3) is 5.65 Å². The molecule has 0 aromatic carbocycles. The third kappa shape index (κ3) is 2.14. The lowest BCUT2D eigenvalue weighted by Crippen LogP contribution is -2.32. The van der Waals surface area contributed by atoms with E-state index in [9.17, 15) is 4.79 Å². The fourth-order valence-electron chi connectivity index (χ4n) is 1.86. The number of aryl methyl sites for hydroxylation is 2. The van der Waals surface area contributed by atoms with Crippen molar-refractivity contribution in [2.75, 3.05) is 0 Å². The molecule has 2 aromatic rings. The summed E-state index contributed by atoms with van der Waals surface area (Å²) in [5, 5.41) is 8.83. The first-order chi connectivity index (χ1) is 7.99. The molecule has 0 saturated heterocycles. The van der Waals surface area contributed by atoms with Crippen LogP contribution < -0.4 is 5.73 Å². The molecule has 90 valence electrons. The molecule has 0 aliphatic rings. The smallest absolute Gasteiger partial charge is 0.320 e. The molecule has 0 radical (unpaired) electrons. The maximum atomic E-state index is 10.8. The third-order valence-corrected chi connectivity index (χ3v) is 2.81. The van der Waals surface area contributed by atoms with Crippen molar-refractivity contribution in [3.05, 3.63) is 35.3 Å². The summed E-state index contributed by atoms with van der Waals surface area (Å²) in [6, 6.07) is 3.03. The highest BCUT2D eigenvalue weighted by molar-refractivity contribution is 5.73. The lowest BCUT2D eigenvalue weighted by molar-refractivity contribution is -0.138. The van der Waals surface area contributed by atoms with Crippen molar-refractivity contribution in [1.29, 1.82) is 0 Å². The van der Waals surface area contributed by atoms with E-state index in [1.54, 1.807) is 0 Å². The van der Waals surface area contributed by atoms with E-state index in [0.29, 0.717) is 0 Å². The minimum atomic E-state index is -0.994. The molecule has 0 spiro atoms. The minimum absolute atomic E-state index is 0.283. The first kappa shape index (κ1) is 11.6. The maximum Gasteiger partial charge on any atom is 0.320 e. The van der Waals surface area contributed by atoms with Crippen LogP contribution in [0.15, 0.2) is 18.3 Å². The highest BCUT2D eigenvalue weighted by atomic mass is 16.4. The number of nitrogens with two attached hydrogens (primary N) is 1. The zero-order valence-electron chi connectivity index (χ0n) is 9.84. The molecule has 0 saturated carbocycles. The number of aromatic nitrogens is 2. The summed E-state index contributed by atoms with van der Waals surface area (Å²) >= 11 is 0. The third-order valence-electron chi connectivity index (χ3n) is 2.81. The van der Waals surface area contributed by atoms with Crippen LogP contribution in [0.4, 0.5) is 0 Å². The number of imidazole rings is 1. The van der Waals surface area contributed by atoms with Gasteiger partial charge in [0.1, 0.15) is 11.7 Å². The van der Waals surface area contributed by atoms with Gasteiger partial charge in [-0.05, 0) is 31.5 Å². The first-order valence-electron chi connectivity index (χ1n) is 5.41. The summed E-state index contributed by atoms with van der Waals surface area (Å²) in [5.74, 6) is -0.994. The Morgan fingerprint density at radius 2 is 2.29 bits per heavy atom. The van der Waals surface area contributed by atoms with Crippen LogP contribution in [-0.4, -0.2) is 26.5 Å². The molecule has 2 aromatic heterocycles. The monoisotopic (exact) mass is 233 g/mol. The number of nitrogens with zero attached hydrogens (tertiary/aromatic N) is 2. The molecular weight excluding hydrogens is 218 g/mol. The molecule has 5 nitrogen and oxygen atoms in total. The first-order valence-corrected chi connectivity index (χ1v) is 5.41. The average Bonchev–Trinajstić information content (AvgIpc) is 2.54.